The van der Waals surface area contributed by atoms with Crippen molar-refractivity contribution in [2.24, 2.45) is 0 Å². The number of aromatic nitrogens is 4. The van der Waals surface area contributed by atoms with E-state index in [0.29, 0.717) is 23.5 Å². The lowest BCUT2D eigenvalue weighted by Gasteiger charge is -2.16. The summed E-state index contributed by atoms with van der Waals surface area (Å²) in [6.45, 7) is -0.00603. The summed E-state index contributed by atoms with van der Waals surface area (Å²) in [4.78, 5) is 12.6. The van der Waals surface area contributed by atoms with E-state index in [-0.39, 0.29) is 5.82 Å². The van der Waals surface area contributed by atoms with Crippen molar-refractivity contribution >= 4 is 17.0 Å². The largest absolute Gasteiger partial charge is 0.394 e. The summed E-state index contributed by atoms with van der Waals surface area (Å²) in [6.07, 6.45) is -1.49. The second-order valence-electron chi connectivity index (χ2n) is 6.26. The average molecular weight is 375 g/mol. The van der Waals surface area contributed by atoms with Crippen LogP contribution in [0.25, 0.3) is 11.2 Å². The van der Waals surface area contributed by atoms with Crippen LogP contribution in [-0.2, 0) is 11.3 Å². The van der Waals surface area contributed by atoms with Gasteiger partial charge in [-0.05, 0) is 17.7 Å². The number of fused-ring (bicyclic) bond motifs is 1. The van der Waals surface area contributed by atoms with Crippen molar-refractivity contribution in [2.45, 2.75) is 31.1 Å². The average Bonchev–Trinajstić information content (AvgIpc) is 3.23. The van der Waals surface area contributed by atoms with Gasteiger partial charge in [-0.15, -0.1) is 0 Å². The van der Waals surface area contributed by atoms with Crippen LogP contribution in [0, 0.1) is 5.82 Å². The molecule has 0 amide bonds. The van der Waals surface area contributed by atoms with Crippen LogP contribution in [0.4, 0.5) is 10.2 Å². The Kier molecular flexibility index (Phi) is 4.70. The third kappa shape index (κ3) is 3.23. The first-order valence-corrected chi connectivity index (χ1v) is 8.37. The summed E-state index contributed by atoms with van der Waals surface area (Å²) in [6, 6.07) is 6.09. The summed E-state index contributed by atoms with van der Waals surface area (Å²) < 4.78 is 20.0. The number of aliphatic hydroxyl groups excluding tert-OH is 3. The number of anilines is 1. The van der Waals surface area contributed by atoms with Gasteiger partial charge in [-0.2, -0.15) is 0 Å². The highest BCUT2D eigenvalue weighted by atomic mass is 19.1. The zero-order valence-corrected chi connectivity index (χ0v) is 14.1. The van der Waals surface area contributed by atoms with Gasteiger partial charge in [0, 0.05) is 6.54 Å². The number of ether oxygens (including phenoxy) is 1. The van der Waals surface area contributed by atoms with Gasteiger partial charge in [0.25, 0.3) is 0 Å². The molecule has 1 aliphatic heterocycles. The Morgan fingerprint density at radius 3 is 2.59 bits per heavy atom. The lowest BCUT2D eigenvalue weighted by Crippen LogP contribution is -2.33. The first-order chi connectivity index (χ1) is 13.1. The maximum absolute atomic E-state index is 13.0. The molecule has 1 fully saturated rings. The monoisotopic (exact) mass is 375 g/mol. The smallest absolute Gasteiger partial charge is 0.167 e. The molecule has 0 aliphatic carbocycles. The van der Waals surface area contributed by atoms with Crippen LogP contribution in [0.3, 0.4) is 0 Å². The summed E-state index contributed by atoms with van der Waals surface area (Å²) in [5.74, 6) is 0.162. The topological polar surface area (TPSA) is 126 Å². The number of rotatable bonds is 5. The number of hydrogen-bond acceptors (Lipinski definition) is 8. The third-order valence-electron chi connectivity index (χ3n) is 4.52. The predicted molar refractivity (Wildman–Crippen MR) is 92.1 cm³/mol. The highest BCUT2D eigenvalue weighted by Gasteiger charge is 2.44. The molecule has 1 aromatic carbocycles. The molecule has 142 valence electrons. The predicted octanol–water partition coefficient (Wildman–Crippen LogP) is 0.189. The van der Waals surface area contributed by atoms with Crippen LogP contribution < -0.4 is 5.32 Å². The highest BCUT2D eigenvalue weighted by molar-refractivity contribution is 5.82. The number of benzene rings is 1. The molecule has 4 N–H and O–H groups in total. The van der Waals surface area contributed by atoms with E-state index in [9.17, 15) is 19.7 Å². The fraction of sp³-hybridized carbons (Fsp3) is 0.353. The van der Waals surface area contributed by atoms with Gasteiger partial charge in [0.2, 0.25) is 0 Å². The van der Waals surface area contributed by atoms with Crippen molar-refractivity contribution in [3.05, 3.63) is 48.3 Å². The van der Waals surface area contributed by atoms with Crippen molar-refractivity contribution in [1.82, 2.24) is 19.5 Å². The molecule has 1 unspecified atom stereocenters. The first-order valence-electron chi connectivity index (χ1n) is 8.37. The van der Waals surface area contributed by atoms with Crippen molar-refractivity contribution < 1.29 is 24.4 Å². The quantitative estimate of drug-likeness (QED) is 0.498. The fourth-order valence-electron chi connectivity index (χ4n) is 3.07. The zero-order chi connectivity index (χ0) is 19.0. The molecule has 10 heteroatoms. The molecule has 3 heterocycles. The van der Waals surface area contributed by atoms with Gasteiger partial charge in [0.15, 0.2) is 23.2 Å². The minimum absolute atomic E-state index is 0.305. The van der Waals surface area contributed by atoms with Crippen LogP contribution in [0.2, 0.25) is 0 Å². The highest BCUT2D eigenvalue weighted by Crippen LogP contribution is 2.32. The van der Waals surface area contributed by atoms with E-state index >= 15 is 0 Å². The van der Waals surface area contributed by atoms with E-state index < -0.39 is 31.1 Å². The van der Waals surface area contributed by atoms with Crippen molar-refractivity contribution in [2.75, 3.05) is 11.9 Å². The summed E-state index contributed by atoms with van der Waals surface area (Å²) in [7, 11) is 0. The van der Waals surface area contributed by atoms with Crippen molar-refractivity contribution in [3.63, 3.8) is 0 Å². The van der Waals surface area contributed by atoms with Gasteiger partial charge < -0.3 is 25.4 Å². The van der Waals surface area contributed by atoms with Gasteiger partial charge in [-0.3, -0.25) is 4.57 Å². The van der Waals surface area contributed by atoms with E-state index in [1.807, 2.05) is 0 Å². The minimum Gasteiger partial charge on any atom is -0.394 e. The van der Waals surface area contributed by atoms with Crippen LogP contribution in [0.1, 0.15) is 11.8 Å². The zero-order valence-electron chi connectivity index (χ0n) is 14.1. The Labute approximate surface area is 153 Å². The molecule has 27 heavy (non-hydrogen) atoms. The van der Waals surface area contributed by atoms with E-state index in [1.54, 1.807) is 12.1 Å². The van der Waals surface area contributed by atoms with Crippen LogP contribution in [0.5, 0.6) is 0 Å². The van der Waals surface area contributed by atoms with E-state index in [2.05, 4.69) is 20.3 Å². The summed E-state index contributed by atoms with van der Waals surface area (Å²) in [5.41, 5.74) is 1.73. The Balaban J connectivity index is 1.59. The molecule has 0 radical (unpaired) electrons. The second kappa shape index (κ2) is 7.16. The lowest BCUT2D eigenvalue weighted by atomic mass is 10.1. The Morgan fingerprint density at radius 2 is 1.89 bits per heavy atom. The van der Waals surface area contributed by atoms with Crippen LogP contribution in [-0.4, -0.2) is 59.8 Å². The van der Waals surface area contributed by atoms with Gasteiger partial charge in [0.1, 0.15) is 30.5 Å². The molecule has 4 atom stereocenters. The summed E-state index contributed by atoms with van der Waals surface area (Å²) in [5, 5.41) is 32.5. The minimum atomic E-state index is -1.23. The molecule has 2 aromatic heterocycles. The Bertz CT molecular complexity index is 935. The number of halogens is 1. The van der Waals surface area contributed by atoms with Crippen LogP contribution >= 0.6 is 0 Å². The Hall–Kier alpha value is -2.66. The van der Waals surface area contributed by atoms with Gasteiger partial charge in [-0.25, -0.2) is 19.3 Å². The number of hydrogen-bond donors (Lipinski definition) is 4. The third-order valence-corrected chi connectivity index (χ3v) is 4.52. The number of imidazole rings is 1. The summed E-state index contributed by atoms with van der Waals surface area (Å²) >= 11 is 0. The number of aliphatic hydroxyl groups is 3. The molecule has 0 saturated carbocycles. The van der Waals surface area contributed by atoms with Gasteiger partial charge in [-0.1, -0.05) is 12.1 Å². The van der Waals surface area contributed by atoms with Gasteiger partial charge >= 0.3 is 0 Å². The Morgan fingerprint density at radius 1 is 1.11 bits per heavy atom. The molecule has 0 spiro atoms. The number of nitrogens with zero attached hydrogens (tertiary/aromatic N) is 4. The maximum atomic E-state index is 13.0. The maximum Gasteiger partial charge on any atom is 0.167 e. The second-order valence-corrected chi connectivity index (χ2v) is 6.26. The van der Waals surface area contributed by atoms with E-state index in [1.165, 1.54) is 29.4 Å². The normalized spacial score (nSPS) is 25.2. The first kappa shape index (κ1) is 17.7. The SMILES string of the molecule is OC[C@H]1OC(n2cnc3c(NCc4ccc(F)cc4)ncnc32)[C@H](O)[C@@H]1O. The molecule has 1 aliphatic rings. The molecule has 3 aromatic rings. The number of nitrogens with one attached hydrogen (secondary N) is 1. The van der Waals surface area contributed by atoms with Crippen molar-refractivity contribution in [1.29, 1.82) is 0 Å². The van der Waals surface area contributed by atoms with E-state index in [0.717, 1.165) is 5.56 Å². The molecule has 1 saturated heterocycles. The van der Waals surface area contributed by atoms with Gasteiger partial charge in [0.05, 0.1) is 12.9 Å². The molecule has 9 nitrogen and oxygen atoms in total. The van der Waals surface area contributed by atoms with E-state index in [4.69, 9.17) is 4.74 Å². The lowest BCUT2D eigenvalue weighted by molar-refractivity contribution is -0.0511. The fourth-order valence-corrected chi connectivity index (χ4v) is 3.07. The molecular formula is C17H18FN5O4. The molecule has 0 bridgehead atoms. The van der Waals surface area contributed by atoms with Crippen LogP contribution in [0.15, 0.2) is 36.9 Å². The molecule has 4 rings (SSSR count). The standard InChI is InChI=1S/C17H18FN5O4/c18-10-3-1-9(2-4-10)5-19-15-12-16(21-7-20-15)23(8-22-12)17-14(26)13(25)11(6-24)27-17/h1-4,7-8,11,13-14,17,24-26H,5-6H2,(H,19,20,21)/t11-,13-,14-,17?/m1/s1. The van der Waals surface area contributed by atoms with Crippen molar-refractivity contribution in [3.8, 4) is 0 Å². The molecular weight excluding hydrogens is 357 g/mol.